The molecule has 2 rings (SSSR count). The molecule has 0 radical (unpaired) electrons. The highest BCUT2D eigenvalue weighted by molar-refractivity contribution is 5.32. The monoisotopic (exact) mass is 229 g/mol. The lowest BCUT2D eigenvalue weighted by Crippen LogP contribution is -2.08. The Bertz CT molecular complexity index is 482. The number of rotatable bonds is 5. The fraction of sp³-hybridized carbons (Fsp3) is 0.300. The van der Waals surface area contributed by atoms with Gasteiger partial charge in [0.1, 0.15) is 11.9 Å². The molecule has 86 valence electrons. The number of aryl methyl sites for hydroxylation is 1. The minimum atomic E-state index is 0.318. The van der Waals surface area contributed by atoms with Gasteiger partial charge in [-0.05, 0) is 6.42 Å². The van der Waals surface area contributed by atoms with Gasteiger partial charge in [-0.15, -0.1) is 5.10 Å². The van der Waals surface area contributed by atoms with Gasteiger partial charge in [0.25, 0.3) is 0 Å². The Hall–Kier alpha value is -2.49. The lowest BCUT2D eigenvalue weighted by molar-refractivity contribution is 0.569. The molecule has 1 N–H and O–H groups in total. The summed E-state index contributed by atoms with van der Waals surface area (Å²) in [6, 6.07) is 1.92. The SMILES string of the molecule is N#Cc1cnc(NCCCn2ccnn2)cn1. The van der Waals surface area contributed by atoms with Crippen LogP contribution in [0.15, 0.2) is 24.8 Å². The quantitative estimate of drug-likeness (QED) is 0.748. The molecule has 7 nitrogen and oxygen atoms in total. The normalized spacial score (nSPS) is 9.82. The van der Waals surface area contributed by atoms with Crippen molar-refractivity contribution in [3.63, 3.8) is 0 Å². The molecule has 0 bridgehead atoms. The average molecular weight is 229 g/mol. The Balaban J connectivity index is 1.73. The van der Waals surface area contributed by atoms with Crippen LogP contribution >= 0.6 is 0 Å². The van der Waals surface area contributed by atoms with Crippen LogP contribution in [-0.4, -0.2) is 31.5 Å². The Labute approximate surface area is 98.1 Å². The van der Waals surface area contributed by atoms with Gasteiger partial charge in [0.05, 0.1) is 18.6 Å². The predicted molar refractivity (Wildman–Crippen MR) is 59.9 cm³/mol. The highest BCUT2D eigenvalue weighted by Crippen LogP contribution is 2.00. The molecule has 7 heteroatoms. The summed E-state index contributed by atoms with van der Waals surface area (Å²) in [7, 11) is 0. The van der Waals surface area contributed by atoms with Crippen molar-refractivity contribution >= 4 is 5.82 Å². The van der Waals surface area contributed by atoms with Crippen molar-refractivity contribution in [2.45, 2.75) is 13.0 Å². The average Bonchev–Trinajstić information content (AvgIpc) is 2.88. The van der Waals surface area contributed by atoms with Crippen LogP contribution < -0.4 is 5.32 Å². The number of nitrogens with zero attached hydrogens (tertiary/aromatic N) is 6. The smallest absolute Gasteiger partial charge is 0.158 e. The lowest BCUT2D eigenvalue weighted by atomic mass is 10.4. The highest BCUT2D eigenvalue weighted by atomic mass is 15.4. The van der Waals surface area contributed by atoms with Gasteiger partial charge >= 0.3 is 0 Å². The second kappa shape index (κ2) is 5.55. The lowest BCUT2D eigenvalue weighted by Gasteiger charge is -2.04. The maximum absolute atomic E-state index is 8.56. The third kappa shape index (κ3) is 3.24. The van der Waals surface area contributed by atoms with E-state index < -0.39 is 0 Å². The van der Waals surface area contributed by atoms with E-state index >= 15 is 0 Å². The van der Waals surface area contributed by atoms with Gasteiger partial charge in [-0.3, -0.25) is 4.68 Å². The Morgan fingerprint density at radius 2 is 2.29 bits per heavy atom. The zero-order valence-electron chi connectivity index (χ0n) is 9.11. The highest BCUT2D eigenvalue weighted by Gasteiger charge is 1.96. The summed E-state index contributed by atoms with van der Waals surface area (Å²) in [5.74, 6) is 0.669. The first kappa shape index (κ1) is 11.0. The van der Waals surface area contributed by atoms with E-state index in [0.717, 1.165) is 19.5 Å². The standard InChI is InChI=1S/C10H11N7/c11-6-9-7-14-10(8-13-9)12-2-1-4-17-5-3-15-16-17/h3,5,7-8H,1-2,4H2,(H,12,14). The van der Waals surface area contributed by atoms with E-state index in [2.05, 4.69) is 25.6 Å². The molecule has 0 saturated heterocycles. The third-order valence-electron chi connectivity index (χ3n) is 2.11. The van der Waals surface area contributed by atoms with Gasteiger partial charge in [-0.2, -0.15) is 5.26 Å². The summed E-state index contributed by atoms with van der Waals surface area (Å²) >= 11 is 0. The fourth-order valence-electron chi connectivity index (χ4n) is 1.29. The van der Waals surface area contributed by atoms with Crippen LogP contribution in [0.25, 0.3) is 0 Å². The molecule has 0 aliphatic carbocycles. The molecule has 0 amide bonds. The van der Waals surface area contributed by atoms with Crippen LogP contribution in [0.4, 0.5) is 5.82 Å². The summed E-state index contributed by atoms with van der Waals surface area (Å²) < 4.78 is 1.77. The third-order valence-corrected chi connectivity index (χ3v) is 2.11. The molecule has 0 fully saturated rings. The van der Waals surface area contributed by atoms with E-state index in [0.29, 0.717) is 11.5 Å². The summed E-state index contributed by atoms with van der Waals surface area (Å²) in [5.41, 5.74) is 0.318. The maximum Gasteiger partial charge on any atom is 0.158 e. The van der Waals surface area contributed by atoms with Crippen molar-refractivity contribution in [1.82, 2.24) is 25.0 Å². The first-order chi connectivity index (χ1) is 8.38. The van der Waals surface area contributed by atoms with Gasteiger partial charge in [0.15, 0.2) is 5.69 Å². The molecule has 0 saturated carbocycles. The number of aromatic nitrogens is 5. The molecule has 0 spiro atoms. The van der Waals surface area contributed by atoms with Crippen molar-refractivity contribution < 1.29 is 0 Å². The first-order valence-electron chi connectivity index (χ1n) is 5.18. The largest absolute Gasteiger partial charge is 0.369 e. The second-order valence-corrected chi connectivity index (χ2v) is 3.35. The topological polar surface area (TPSA) is 92.3 Å². The zero-order valence-corrected chi connectivity index (χ0v) is 9.11. The van der Waals surface area contributed by atoms with E-state index in [1.165, 1.54) is 6.20 Å². The minimum Gasteiger partial charge on any atom is -0.369 e. The summed E-state index contributed by atoms with van der Waals surface area (Å²) in [4.78, 5) is 7.97. The van der Waals surface area contributed by atoms with E-state index in [1.807, 2.05) is 12.3 Å². The van der Waals surface area contributed by atoms with E-state index in [-0.39, 0.29) is 0 Å². The molecule has 2 heterocycles. The van der Waals surface area contributed by atoms with Crippen LogP contribution in [0.2, 0.25) is 0 Å². The maximum atomic E-state index is 8.56. The van der Waals surface area contributed by atoms with Crippen molar-refractivity contribution in [2.24, 2.45) is 0 Å². The van der Waals surface area contributed by atoms with Crippen molar-refractivity contribution in [3.05, 3.63) is 30.5 Å². The van der Waals surface area contributed by atoms with Gasteiger partial charge in [0, 0.05) is 19.3 Å². The molecule has 0 aliphatic heterocycles. The Kier molecular flexibility index (Phi) is 3.60. The van der Waals surface area contributed by atoms with E-state index in [1.54, 1.807) is 17.1 Å². The number of nitrogens with one attached hydrogen (secondary N) is 1. The van der Waals surface area contributed by atoms with Gasteiger partial charge in [0.2, 0.25) is 0 Å². The van der Waals surface area contributed by atoms with Crippen LogP contribution in [0.1, 0.15) is 12.1 Å². The predicted octanol–water partition coefficient (Wildman–Crippen LogP) is 0.442. The molecular formula is C10H11N7. The molecule has 2 aromatic rings. The molecule has 0 aromatic carbocycles. The summed E-state index contributed by atoms with van der Waals surface area (Å²) in [5, 5.41) is 19.2. The number of hydrogen-bond acceptors (Lipinski definition) is 6. The number of nitriles is 1. The fourth-order valence-corrected chi connectivity index (χ4v) is 1.29. The van der Waals surface area contributed by atoms with Crippen LogP contribution in [0, 0.1) is 11.3 Å². The van der Waals surface area contributed by atoms with Gasteiger partial charge in [-0.1, -0.05) is 5.21 Å². The molecule has 2 aromatic heterocycles. The Morgan fingerprint density at radius 3 is 2.94 bits per heavy atom. The molecular weight excluding hydrogens is 218 g/mol. The zero-order chi connectivity index (χ0) is 11.9. The van der Waals surface area contributed by atoms with Crippen LogP contribution in [0.5, 0.6) is 0 Å². The summed E-state index contributed by atoms with van der Waals surface area (Å²) in [6.45, 7) is 1.57. The molecule has 17 heavy (non-hydrogen) atoms. The van der Waals surface area contributed by atoms with Gasteiger partial charge < -0.3 is 5.32 Å². The number of hydrogen-bond donors (Lipinski definition) is 1. The van der Waals surface area contributed by atoms with Crippen molar-refractivity contribution in [3.8, 4) is 6.07 Å². The summed E-state index contributed by atoms with van der Waals surface area (Å²) in [6.07, 6.45) is 7.37. The van der Waals surface area contributed by atoms with Crippen molar-refractivity contribution in [2.75, 3.05) is 11.9 Å². The Morgan fingerprint density at radius 1 is 1.35 bits per heavy atom. The first-order valence-corrected chi connectivity index (χ1v) is 5.18. The van der Waals surface area contributed by atoms with Crippen LogP contribution in [0.3, 0.4) is 0 Å². The van der Waals surface area contributed by atoms with E-state index in [9.17, 15) is 0 Å². The van der Waals surface area contributed by atoms with Gasteiger partial charge in [-0.25, -0.2) is 9.97 Å². The van der Waals surface area contributed by atoms with Crippen LogP contribution in [-0.2, 0) is 6.54 Å². The minimum absolute atomic E-state index is 0.318. The van der Waals surface area contributed by atoms with E-state index in [4.69, 9.17) is 5.26 Å². The molecule has 0 aliphatic rings. The number of anilines is 1. The second-order valence-electron chi connectivity index (χ2n) is 3.35. The molecule has 0 atom stereocenters. The van der Waals surface area contributed by atoms with Crippen molar-refractivity contribution in [1.29, 1.82) is 5.26 Å². The molecule has 0 unspecified atom stereocenters.